The Bertz CT molecular complexity index is 1240. The molecule has 2 aliphatic rings. The number of amides is 2. The maximum Gasteiger partial charge on any atom is 0.257 e. The maximum absolute atomic E-state index is 13.8. The van der Waals surface area contributed by atoms with Crippen molar-refractivity contribution in [2.24, 2.45) is 0 Å². The van der Waals surface area contributed by atoms with Gasteiger partial charge in [0.25, 0.3) is 5.91 Å². The molecule has 1 fully saturated rings. The standard InChI is InChI=1S/C25H30FN3O6S/c1-3-36(32,33)28-17-8-11-22-19(12-17)25(31)29(2)21-10-9-18(35-23(21)15-34-22)13-24(30)27-14-16-6-4-5-7-20(16)26/h4-8,11-12,18,21,23,28H,3,9-10,13-15H2,1-2H3,(H,27,30)/t18-,21-,23-/m1/s1. The molecule has 0 unspecified atom stereocenters. The van der Waals surface area contributed by atoms with Crippen molar-refractivity contribution >= 4 is 27.5 Å². The number of carbonyl (C=O) groups is 2. The quantitative estimate of drug-likeness (QED) is 0.582. The average Bonchev–Trinajstić information content (AvgIpc) is 2.86. The van der Waals surface area contributed by atoms with Gasteiger partial charge in [0.15, 0.2) is 0 Å². The van der Waals surface area contributed by atoms with Crippen molar-refractivity contribution in [3.05, 3.63) is 59.4 Å². The van der Waals surface area contributed by atoms with Crippen LogP contribution in [0.2, 0.25) is 0 Å². The topological polar surface area (TPSA) is 114 Å². The van der Waals surface area contributed by atoms with Crippen molar-refractivity contribution in [2.45, 2.75) is 51.0 Å². The number of anilines is 1. The fourth-order valence-corrected chi connectivity index (χ4v) is 5.09. The fourth-order valence-electron chi connectivity index (χ4n) is 4.46. The highest BCUT2D eigenvalue weighted by Crippen LogP contribution is 2.32. The van der Waals surface area contributed by atoms with E-state index in [2.05, 4.69) is 10.0 Å². The van der Waals surface area contributed by atoms with Gasteiger partial charge in [-0.1, -0.05) is 18.2 Å². The molecule has 0 radical (unpaired) electrons. The van der Waals surface area contributed by atoms with E-state index in [0.29, 0.717) is 29.8 Å². The summed E-state index contributed by atoms with van der Waals surface area (Å²) in [6.45, 7) is 1.79. The molecule has 2 N–H and O–H groups in total. The van der Waals surface area contributed by atoms with Gasteiger partial charge >= 0.3 is 0 Å². The third kappa shape index (κ3) is 5.96. The molecule has 2 amide bonds. The Hall–Kier alpha value is -3.18. The first kappa shape index (κ1) is 25.9. The molecule has 3 atom stereocenters. The van der Waals surface area contributed by atoms with Gasteiger partial charge in [-0.2, -0.15) is 0 Å². The van der Waals surface area contributed by atoms with Crippen molar-refractivity contribution in [3.63, 3.8) is 0 Å². The number of nitrogens with one attached hydrogen (secondary N) is 2. The molecule has 2 aliphatic heterocycles. The van der Waals surface area contributed by atoms with Crippen LogP contribution in [0.4, 0.5) is 10.1 Å². The fraction of sp³-hybridized carbons (Fsp3) is 0.440. The zero-order valence-electron chi connectivity index (χ0n) is 20.2. The average molecular weight is 520 g/mol. The minimum absolute atomic E-state index is 0.0855. The monoisotopic (exact) mass is 519 g/mol. The Kier molecular flexibility index (Phi) is 7.79. The smallest absolute Gasteiger partial charge is 0.257 e. The zero-order valence-corrected chi connectivity index (χ0v) is 21.0. The second kappa shape index (κ2) is 10.8. The van der Waals surface area contributed by atoms with Crippen molar-refractivity contribution in [3.8, 4) is 5.75 Å². The minimum Gasteiger partial charge on any atom is -0.490 e. The lowest BCUT2D eigenvalue weighted by molar-refractivity contribution is -0.134. The number of benzene rings is 2. The highest BCUT2D eigenvalue weighted by molar-refractivity contribution is 7.92. The number of hydrogen-bond acceptors (Lipinski definition) is 6. The van der Waals surface area contributed by atoms with Gasteiger partial charge < -0.3 is 19.7 Å². The Balaban J connectivity index is 1.40. The Labute approximate surface area is 210 Å². The summed E-state index contributed by atoms with van der Waals surface area (Å²) < 4.78 is 52.2. The van der Waals surface area contributed by atoms with E-state index in [9.17, 15) is 22.4 Å². The first-order valence-electron chi connectivity index (χ1n) is 11.9. The van der Waals surface area contributed by atoms with Gasteiger partial charge in [0.1, 0.15) is 24.3 Å². The molecule has 0 saturated carbocycles. The third-order valence-corrected chi connectivity index (χ3v) is 7.82. The summed E-state index contributed by atoms with van der Waals surface area (Å²) in [5.41, 5.74) is 0.967. The van der Waals surface area contributed by atoms with E-state index in [1.54, 1.807) is 42.3 Å². The van der Waals surface area contributed by atoms with Crippen LogP contribution in [-0.2, 0) is 26.1 Å². The highest BCUT2D eigenvalue weighted by atomic mass is 32.2. The third-order valence-electron chi connectivity index (χ3n) is 6.51. The van der Waals surface area contributed by atoms with E-state index in [1.165, 1.54) is 19.1 Å². The minimum atomic E-state index is -3.49. The van der Waals surface area contributed by atoms with Gasteiger partial charge in [0.2, 0.25) is 15.9 Å². The van der Waals surface area contributed by atoms with E-state index in [1.807, 2.05) is 0 Å². The van der Waals surface area contributed by atoms with Crippen LogP contribution in [0.15, 0.2) is 42.5 Å². The van der Waals surface area contributed by atoms with Crippen LogP contribution < -0.4 is 14.8 Å². The van der Waals surface area contributed by atoms with E-state index in [-0.39, 0.29) is 60.7 Å². The molecule has 0 aromatic heterocycles. The lowest BCUT2D eigenvalue weighted by atomic mass is 9.94. The van der Waals surface area contributed by atoms with Crippen LogP contribution in [-0.4, -0.2) is 62.8 Å². The van der Waals surface area contributed by atoms with Crippen LogP contribution in [0, 0.1) is 5.82 Å². The molecular formula is C25H30FN3O6S. The number of rotatable bonds is 7. The molecule has 0 bridgehead atoms. The molecule has 0 aliphatic carbocycles. The summed E-state index contributed by atoms with van der Waals surface area (Å²) in [6.07, 6.45) is 0.494. The van der Waals surface area contributed by atoms with E-state index >= 15 is 0 Å². The largest absolute Gasteiger partial charge is 0.490 e. The van der Waals surface area contributed by atoms with Gasteiger partial charge in [-0.15, -0.1) is 0 Å². The maximum atomic E-state index is 13.8. The van der Waals surface area contributed by atoms with E-state index in [0.717, 1.165) is 0 Å². The number of ether oxygens (including phenoxy) is 2. The van der Waals surface area contributed by atoms with Crippen LogP contribution in [0.3, 0.4) is 0 Å². The zero-order chi connectivity index (χ0) is 25.9. The predicted molar refractivity (Wildman–Crippen MR) is 132 cm³/mol. The number of carbonyl (C=O) groups excluding carboxylic acids is 2. The first-order chi connectivity index (χ1) is 17.2. The molecule has 194 valence electrons. The van der Waals surface area contributed by atoms with Gasteiger partial charge in [-0.25, -0.2) is 12.8 Å². The van der Waals surface area contributed by atoms with Crippen LogP contribution in [0.5, 0.6) is 5.75 Å². The first-order valence-corrected chi connectivity index (χ1v) is 13.5. The van der Waals surface area contributed by atoms with Crippen molar-refractivity contribution in [2.75, 3.05) is 24.1 Å². The summed E-state index contributed by atoms with van der Waals surface area (Å²) in [5.74, 6) is -0.674. The number of likely N-dealkylation sites (N-methyl/N-ethyl adjacent to an activating group) is 1. The lowest BCUT2D eigenvalue weighted by Gasteiger charge is -2.42. The predicted octanol–water partition coefficient (Wildman–Crippen LogP) is 2.67. The second-order valence-electron chi connectivity index (χ2n) is 8.96. The van der Waals surface area contributed by atoms with Crippen LogP contribution >= 0.6 is 0 Å². The number of hydrogen-bond donors (Lipinski definition) is 2. The molecule has 2 heterocycles. The summed E-state index contributed by atoms with van der Waals surface area (Å²) in [5, 5.41) is 2.73. The molecular weight excluding hydrogens is 489 g/mol. The van der Waals surface area contributed by atoms with Gasteiger partial charge in [0.05, 0.1) is 29.9 Å². The normalized spacial score (nSPS) is 21.9. The Morgan fingerprint density at radius 2 is 1.97 bits per heavy atom. The van der Waals surface area contributed by atoms with Crippen LogP contribution in [0.1, 0.15) is 42.1 Å². The summed E-state index contributed by atoms with van der Waals surface area (Å²) >= 11 is 0. The SMILES string of the molecule is CCS(=O)(=O)Nc1ccc2c(c1)C(=O)N(C)[C@@H]1CC[C@H](CC(=O)NCc3ccccc3F)O[C@@H]1CO2. The summed E-state index contributed by atoms with van der Waals surface area (Å²) in [7, 11) is -1.81. The second-order valence-corrected chi connectivity index (χ2v) is 11.0. The number of fused-ring (bicyclic) bond motifs is 2. The van der Waals surface area contributed by atoms with Crippen LogP contribution in [0.25, 0.3) is 0 Å². The highest BCUT2D eigenvalue weighted by Gasteiger charge is 2.39. The molecule has 36 heavy (non-hydrogen) atoms. The van der Waals surface area contributed by atoms with Gasteiger partial charge in [-0.3, -0.25) is 14.3 Å². The van der Waals surface area contributed by atoms with Gasteiger partial charge in [-0.05, 0) is 44.0 Å². The van der Waals surface area contributed by atoms with E-state index < -0.39 is 16.1 Å². The molecule has 2 aromatic carbocycles. The molecule has 1 saturated heterocycles. The van der Waals surface area contributed by atoms with E-state index in [4.69, 9.17) is 9.47 Å². The van der Waals surface area contributed by atoms with Gasteiger partial charge in [0, 0.05) is 24.8 Å². The van der Waals surface area contributed by atoms with Crippen molar-refractivity contribution < 1.29 is 31.9 Å². The molecule has 4 rings (SSSR count). The summed E-state index contributed by atoms with van der Waals surface area (Å²) in [6, 6.07) is 10.6. The molecule has 0 spiro atoms. The van der Waals surface area contributed by atoms with Crippen molar-refractivity contribution in [1.82, 2.24) is 10.2 Å². The molecule has 9 nitrogen and oxygen atoms in total. The number of nitrogens with zero attached hydrogens (tertiary/aromatic N) is 1. The summed E-state index contributed by atoms with van der Waals surface area (Å²) in [4.78, 5) is 27.3. The number of sulfonamides is 1. The number of halogens is 1. The van der Waals surface area contributed by atoms with Crippen molar-refractivity contribution in [1.29, 1.82) is 0 Å². The Morgan fingerprint density at radius 3 is 2.72 bits per heavy atom. The lowest BCUT2D eigenvalue weighted by Crippen LogP contribution is -2.53. The molecule has 2 aromatic rings. The molecule has 11 heteroatoms. The Morgan fingerprint density at radius 1 is 1.19 bits per heavy atom.